The lowest BCUT2D eigenvalue weighted by atomic mass is 10.1. The van der Waals surface area contributed by atoms with Crippen molar-refractivity contribution in [1.29, 1.82) is 0 Å². The molecule has 8 nitrogen and oxygen atoms in total. The van der Waals surface area contributed by atoms with E-state index in [-0.39, 0.29) is 12.5 Å². The number of carbonyl (C=O) groups excluding carboxylic acids is 1. The zero-order valence-corrected chi connectivity index (χ0v) is 19.2. The summed E-state index contributed by atoms with van der Waals surface area (Å²) in [4.78, 5) is 28.6. The van der Waals surface area contributed by atoms with E-state index in [0.717, 1.165) is 16.5 Å². The van der Waals surface area contributed by atoms with E-state index in [2.05, 4.69) is 10.3 Å². The lowest BCUT2D eigenvalue weighted by Crippen LogP contribution is -2.20. The van der Waals surface area contributed by atoms with Crippen molar-refractivity contribution in [3.05, 3.63) is 63.8 Å². The Morgan fingerprint density at radius 2 is 1.91 bits per heavy atom. The maximum Gasteiger partial charge on any atom is 0.336 e. The standard InChI is InChI=1S/C24H22N2O6S/c1-4-14-9-23(28)32-21-11-16(6-7-17(14)21)31-12-22(27)26-24-25-19(13-33-24)18-8-5-15(29-2)10-20(18)30-3/h5-11,13H,4,12H2,1-3H3,(H,25,26,27). The normalized spacial score (nSPS) is 10.8. The van der Waals surface area contributed by atoms with E-state index >= 15 is 0 Å². The first-order valence-electron chi connectivity index (χ1n) is 10.2. The zero-order valence-electron chi connectivity index (χ0n) is 18.3. The number of thiazole rings is 1. The monoisotopic (exact) mass is 466 g/mol. The summed E-state index contributed by atoms with van der Waals surface area (Å²) in [7, 11) is 3.16. The Morgan fingerprint density at radius 3 is 2.67 bits per heavy atom. The molecule has 0 fully saturated rings. The van der Waals surface area contributed by atoms with Crippen LogP contribution in [-0.4, -0.2) is 31.7 Å². The van der Waals surface area contributed by atoms with Gasteiger partial charge in [0.05, 0.1) is 19.9 Å². The van der Waals surface area contributed by atoms with E-state index in [1.165, 1.54) is 17.4 Å². The Hall–Kier alpha value is -3.85. The maximum atomic E-state index is 12.4. The van der Waals surface area contributed by atoms with Gasteiger partial charge in [-0.05, 0) is 36.2 Å². The Balaban J connectivity index is 1.42. The van der Waals surface area contributed by atoms with Gasteiger partial charge in [0, 0.05) is 34.5 Å². The molecule has 2 aromatic heterocycles. The van der Waals surface area contributed by atoms with Gasteiger partial charge in [-0.15, -0.1) is 11.3 Å². The summed E-state index contributed by atoms with van der Waals surface area (Å²) in [5.41, 5.74) is 2.37. The van der Waals surface area contributed by atoms with Crippen molar-refractivity contribution in [3.63, 3.8) is 0 Å². The number of hydrogen-bond acceptors (Lipinski definition) is 8. The first-order chi connectivity index (χ1) is 16.0. The number of carbonyl (C=O) groups is 1. The van der Waals surface area contributed by atoms with E-state index in [4.69, 9.17) is 18.6 Å². The minimum Gasteiger partial charge on any atom is -0.497 e. The molecule has 0 saturated carbocycles. The summed E-state index contributed by atoms with van der Waals surface area (Å²) < 4.78 is 21.5. The molecule has 9 heteroatoms. The molecule has 0 bridgehead atoms. The average molecular weight is 467 g/mol. The summed E-state index contributed by atoms with van der Waals surface area (Å²) in [6.45, 7) is 1.75. The van der Waals surface area contributed by atoms with Crippen molar-refractivity contribution in [2.45, 2.75) is 13.3 Å². The Kier molecular flexibility index (Phi) is 6.60. The number of aromatic nitrogens is 1. The topological polar surface area (TPSA) is 99.9 Å². The third-order valence-electron chi connectivity index (χ3n) is 4.99. The number of methoxy groups -OCH3 is 2. The number of anilines is 1. The van der Waals surface area contributed by atoms with Crippen LogP contribution in [0.15, 0.2) is 57.1 Å². The minimum atomic E-state index is -0.415. The van der Waals surface area contributed by atoms with Crippen LogP contribution >= 0.6 is 11.3 Å². The van der Waals surface area contributed by atoms with Crippen molar-refractivity contribution < 1.29 is 23.4 Å². The number of fused-ring (bicyclic) bond motifs is 1. The SMILES string of the molecule is CCc1cc(=O)oc2cc(OCC(=O)Nc3nc(-c4ccc(OC)cc4OC)cs3)ccc12. The molecule has 0 spiro atoms. The number of rotatable bonds is 8. The van der Waals surface area contributed by atoms with Crippen molar-refractivity contribution in [2.24, 2.45) is 0 Å². The van der Waals surface area contributed by atoms with Gasteiger partial charge in [0.2, 0.25) is 0 Å². The lowest BCUT2D eigenvalue weighted by molar-refractivity contribution is -0.118. The summed E-state index contributed by atoms with van der Waals surface area (Å²) in [6.07, 6.45) is 0.711. The van der Waals surface area contributed by atoms with E-state index < -0.39 is 5.63 Å². The van der Waals surface area contributed by atoms with Crippen molar-refractivity contribution in [2.75, 3.05) is 26.1 Å². The van der Waals surface area contributed by atoms with Crippen LogP contribution in [-0.2, 0) is 11.2 Å². The summed E-state index contributed by atoms with van der Waals surface area (Å²) >= 11 is 1.30. The number of nitrogens with one attached hydrogen (secondary N) is 1. The number of hydrogen-bond donors (Lipinski definition) is 1. The smallest absolute Gasteiger partial charge is 0.336 e. The van der Waals surface area contributed by atoms with Crippen LogP contribution in [0.2, 0.25) is 0 Å². The molecule has 1 N–H and O–H groups in total. The third kappa shape index (κ3) is 4.98. The molecule has 0 aliphatic carbocycles. The van der Waals surface area contributed by atoms with Crippen molar-refractivity contribution in [1.82, 2.24) is 4.98 Å². The third-order valence-corrected chi connectivity index (χ3v) is 5.75. The van der Waals surface area contributed by atoms with E-state index in [0.29, 0.717) is 40.1 Å². The minimum absolute atomic E-state index is 0.218. The molecule has 4 rings (SSSR count). The summed E-state index contributed by atoms with van der Waals surface area (Å²) in [5.74, 6) is 1.36. The van der Waals surface area contributed by atoms with E-state index in [9.17, 15) is 9.59 Å². The molecule has 2 aromatic carbocycles. The fourth-order valence-electron chi connectivity index (χ4n) is 3.36. The van der Waals surface area contributed by atoms with E-state index in [1.807, 2.05) is 30.5 Å². The quantitative estimate of drug-likeness (QED) is 0.381. The van der Waals surface area contributed by atoms with Crippen molar-refractivity contribution in [3.8, 4) is 28.5 Å². The molecule has 0 unspecified atom stereocenters. The number of nitrogens with zero attached hydrogens (tertiary/aromatic N) is 1. The van der Waals surface area contributed by atoms with Crippen LogP contribution < -0.4 is 25.2 Å². The predicted octanol–water partition coefficient (Wildman–Crippen LogP) is 4.51. The zero-order chi connectivity index (χ0) is 23.4. The second-order valence-corrected chi connectivity index (χ2v) is 7.90. The highest BCUT2D eigenvalue weighted by atomic mass is 32.1. The van der Waals surface area contributed by atoms with Gasteiger partial charge >= 0.3 is 5.63 Å². The number of aryl methyl sites for hydroxylation is 1. The number of amides is 1. The van der Waals surface area contributed by atoms with Gasteiger partial charge in [-0.2, -0.15) is 0 Å². The fraction of sp³-hybridized carbons (Fsp3) is 0.208. The molecule has 0 saturated heterocycles. The average Bonchev–Trinajstić information content (AvgIpc) is 3.29. The van der Waals surface area contributed by atoms with Crippen molar-refractivity contribution >= 4 is 33.3 Å². The summed E-state index contributed by atoms with van der Waals surface area (Å²) in [6, 6.07) is 12.1. The maximum absolute atomic E-state index is 12.4. The van der Waals surface area contributed by atoms with Crippen LogP contribution in [0.4, 0.5) is 5.13 Å². The molecule has 1 amide bonds. The molecular formula is C24H22N2O6S. The molecule has 0 atom stereocenters. The molecule has 0 aliphatic heterocycles. The molecule has 170 valence electrons. The molecule has 2 heterocycles. The molecule has 0 aliphatic rings. The Morgan fingerprint density at radius 1 is 1.09 bits per heavy atom. The molecule has 33 heavy (non-hydrogen) atoms. The van der Waals surface area contributed by atoms with Gasteiger partial charge in [-0.1, -0.05) is 6.92 Å². The Labute approximate surface area is 193 Å². The van der Waals surface area contributed by atoms with Crippen LogP contribution in [0.3, 0.4) is 0 Å². The number of benzene rings is 2. The van der Waals surface area contributed by atoms with Gasteiger partial charge in [-0.25, -0.2) is 9.78 Å². The Bertz CT molecular complexity index is 1360. The predicted molar refractivity (Wildman–Crippen MR) is 127 cm³/mol. The summed E-state index contributed by atoms with van der Waals surface area (Å²) in [5, 5.41) is 5.85. The lowest BCUT2D eigenvalue weighted by Gasteiger charge is -2.09. The largest absolute Gasteiger partial charge is 0.497 e. The van der Waals surface area contributed by atoms with Gasteiger partial charge in [0.15, 0.2) is 11.7 Å². The second kappa shape index (κ2) is 9.74. The number of ether oxygens (including phenoxy) is 3. The highest BCUT2D eigenvalue weighted by Gasteiger charge is 2.13. The molecule has 4 aromatic rings. The van der Waals surface area contributed by atoms with Crippen LogP contribution in [0.1, 0.15) is 12.5 Å². The highest BCUT2D eigenvalue weighted by molar-refractivity contribution is 7.14. The molecule has 0 radical (unpaired) electrons. The van der Waals surface area contributed by atoms with Crippen LogP contribution in [0.25, 0.3) is 22.2 Å². The van der Waals surface area contributed by atoms with Gasteiger partial charge in [0.25, 0.3) is 5.91 Å². The van der Waals surface area contributed by atoms with Gasteiger partial charge < -0.3 is 18.6 Å². The van der Waals surface area contributed by atoms with Crippen LogP contribution in [0.5, 0.6) is 17.2 Å². The van der Waals surface area contributed by atoms with Crippen LogP contribution in [0, 0.1) is 0 Å². The first-order valence-corrected chi connectivity index (χ1v) is 11.1. The second-order valence-electron chi connectivity index (χ2n) is 7.04. The first kappa shape index (κ1) is 22.3. The molecular weight excluding hydrogens is 444 g/mol. The van der Waals surface area contributed by atoms with Gasteiger partial charge in [0.1, 0.15) is 22.8 Å². The fourth-order valence-corrected chi connectivity index (χ4v) is 4.09. The van der Waals surface area contributed by atoms with Gasteiger partial charge in [-0.3, -0.25) is 10.1 Å². The van der Waals surface area contributed by atoms with E-state index in [1.54, 1.807) is 32.4 Å². The highest BCUT2D eigenvalue weighted by Crippen LogP contribution is 2.34.